The number of amides is 2. The number of urea groups is 1. The third-order valence-electron chi connectivity index (χ3n) is 2.70. The molecule has 19 heavy (non-hydrogen) atoms. The normalized spacial score (nSPS) is 13.7. The van der Waals surface area contributed by atoms with E-state index < -0.39 is 32.6 Å². The second-order valence-corrected chi connectivity index (χ2v) is 7.41. The van der Waals surface area contributed by atoms with Gasteiger partial charge in [-0.1, -0.05) is 0 Å². The summed E-state index contributed by atoms with van der Waals surface area (Å²) in [5.41, 5.74) is 0. The Labute approximate surface area is 112 Å². The molecule has 1 unspecified atom stereocenters. The zero-order valence-electron chi connectivity index (χ0n) is 11.1. The molecule has 0 aromatic rings. The monoisotopic (exact) mass is 296 g/mol. The number of nitrogens with one attached hydrogen (secondary N) is 2. The number of aliphatic carboxylic acids is 1. The van der Waals surface area contributed by atoms with Crippen molar-refractivity contribution in [1.29, 1.82) is 0 Å². The minimum Gasteiger partial charge on any atom is -0.480 e. The Hall–Kier alpha value is -1.35. The first-order valence-corrected chi connectivity index (χ1v) is 7.48. The van der Waals surface area contributed by atoms with Crippen LogP contribution in [0.2, 0.25) is 0 Å². The lowest BCUT2D eigenvalue weighted by Gasteiger charge is -2.23. The SMILES string of the molecule is CC(C)(CNC(=O)NC(CCO)C(=O)O)S(C)(=O)=O. The summed E-state index contributed by atoms with van der Waals surface area (Å²) >= 11 is 0. The van der Waals surface area contributed by atoms with Gasteiger partial charge in [-0.25, -0.2) is 18.0 Å². The molecule has 0 rings (SSSR count). The zero-order valence-corrected chi connectivity index (χ0v) is 12.0. The van der Waals surface area contributed by atoms with Crippen molar-refractivity contribution in [3.05, 3.63) is 0 Å². The molecule has 1 atom stereocenters. The lowest BCUT2D eigenvalue weighted by Crippen LogP contribution is -2.51. The Morgan fingerprint density at radius 3 is 2.21 bits per heavy atom. The van der Waals surface area contributed by atoms with Gasteiger partial charge in [-0.2, -0.15) is 0 Å². The molecule has 4 N–H and O–H groups in total. The molecule has 0 bridgehead atoms. The Kier molecular flexibility index (Phi) is 6.23. The fraction of sp³-hybridized carbons (Fsp3) is 0.800. The van der Waals surface area contributed by atoms with Crippen molar-refractivity contribution in [1.82, 2.24) is 10.6 Å². The molecule has 0 saturated carbocycles. The van der Waals surface area contributed by atoms with Crippen molar-refractivity contribution in [3.63, 3.8) is 0 Å². The van der Waals surface area contributed by atoms with E-state index in [0.29, 0.717) is 0 Å². The maximum absolute atomic E-state index is 11.4. The molecule has 112 valence electrons. The minimum atomic E-state index is -3.35. The number of carboxylic acids is 1. The van der Waals surface area contributed by atoms with Gasteiger partial charge in [0.25, 0.3) is 0 Å². The molecular formula is C10H20N2O6S. The summed E-state index contributed by atoms with van der Waals surface area (Å²) in [5.74, 6) is -1.27. The number of aliphatic hydroxyl groups is 1. The maximum atomic E-state index is 11.4. The van der Waals surface area contributed by atoms with Crippen molar-refractivity contribution in [2.45, 2.75) is 31.1 Å². The average Bonchev–Trinajstić information content (AvgIpc) is 2.24. The maximum Gasteiger partial charge on any atom is 0.326 e. The fourth-order valence-electron chi connectivity index (χ4n) is 1.02. The number of aliphatic hydroxyl groups excluding tert-OH is 1. The number of hydrogen-bond acceptors (Lipinski definition) is 5. The first-order chi connectivity index (χ1) is 8.51. The molecule has 0 heterocycles. The van der Waals surface area contributed by atoms with E-state index in [1.165, 1.54) is 13.8 Å². The van der Waals surface area contributed by atoms with Gasteiger partial charge in [0.15, 0.2) is 9.84 Å². The fourth-order valence-corrected chi connectivity index (χ4v) is 1.35. The van der Waals surface area contributed by atoms with E-state index >= 15 is 0 Å². The van der Waals surface area contributed by atoms with Gasteiger partial charge in [0.1, 0.15) is 6.04 Å². The smallest absolute Gasteiger partial charge is 0.326 e. The molecular weight excluding hydrogens is 276 g/mol. The number of hydrogen-bond donors (Lipinski definition) is 4. The third-order valence-corrected chi connectivity index (χ3v) is 4.85. The highest BCUT2D eigenvalue weighted by Gasteiger charge is 2.31. The van der Waals surface area contributed by atoms with Crippen molar-refractivity contribution in [2.75, 3.05) is 19.4 Å². The van der Waals surface area contributed by atoms with Crippen LogP contribution in [0.5, 0.6) is 0 Å². The summed E-state index contributed by atoms with van der Waals surface area (Å²) in [6, 6.07) is -2.01. The van der Waals surface area contributed by atoms with Gasteiger partial charge in [0, 0.05) is 25.8 Å². The van der Waals surface area contributed by atoms with Crippen LogP contribution >= 0.6 is 0 Å². The molecule has 2 amide bonds. The second kappa shape index (κ2) is 6.71. The average molecular weight is 296 g/mol. The quantitative estimate of drug-likeness (QED) is 0.473. The Morgan fingerprint density at radius 1 is 1.32 bits per heavy atom. The zero-order chi connectivity index (χ0) is 15.3. The Morgan fingerprint density at radius 2 is 1.84 bits per heavy atom. The summed E-state index contributed by atoms with van der Waals surface area (Å²) in [5, 5.41) is 21.8. The lowest BCUT2D eigenvalue weighted by molar-refractivity contribution is -0.139. The molecule has 0 fully saturated rings. The van der Waals surface area contributed by atoms with E-state index in [4.69, 9.17) is 10.2 Å². The summed E-state index contributed by atoms with van der Waals surface area (Å²) in [4.78, 5) is 22.2. The van der Waals surface area contributed by atoms with Crippen molar-refractivity contribution in [2.24, 2.45) is 0 Å². The van der Waals surface area contributed by atoms with E-state index in [1.54, 1.807) is 0 Å². The van der Waals surface area contributed by atoms with Gasteiger partial charge in [-0.3, -0.25) is 0 Å². The molecule has 8 nitrogen and oxygen atoms in total. The Bertz CT molecular complexity index is 431. The highest BCUT2D eigenvalue weighted by Crippen LogP contribution is 2.13. The topological polar surface area (TPSA) is 133 Å². The lowest BCUT2D eigenvalue weighted by atomic mass is 10.2. The molecule has 0 saturated heterocycles. The number of carbonyl (C=O) groups excluding carboxylic acids is 1. The van der Waals surface area contributed by atoms with Crippen LogP contribution in [0, 0.1) is 0 Å². The molecule has 0 spiro atoms. The van der Waals surface area contributed by atoms with Crippen LogP contribution in [0.4, 0.5) is 4.79 Å². The van der Waals surface area contributed by atoms with Crippen LogP contribution in [0.25, 0.3) is 0 Å². The highest BCUT2D eigenvalue weighted by molar-refractivity contribution is 7.92. The standard InChI is InChI=1S/C10H20N2O6S/c1-10(2,19(3,17)18)6-11-9(16)12-7(4-5-13)8(14)15/h7,13H,4-6H2,1-3H3,(H,14,15)(H2,11,12,16). The van der Waals surface area contributed by atoms with Crippen molar-refractivity contribution >= 4 is 21.8 Å². The Balaban J connectivity index is 4.44. The van der Waals surface area contributed by atoms with Crippen LogP contribution in [-0.2, 0) is 14.6 Å². The van der Waals surface area contributed by atoms with Gasteiger partial charge < -0.3 is 20.8 Å². The molecule has 0 aromatic carbocycles. The van der Waals surface area contributed by atoms with Crippen LogP contribution in [-0.4, -0.2) is 60.8 Å². The number of carboxylic acid groups (broad SMARTS) is 1. The predicted molar refractivity (Wildman–Crippen MR) is 68.6 cm³/mol. The summed E-state index contributed by atoms with van der Waals surface area (Å²) < 4.78 is 21.6. The molecule has 9 heteroatoms. The van der Waals surface area contributed by atoms with Crippen LogP contribution in [0.15, 0.2) is 0 Å². The van der Waals surface area contributed by atoms with Gasteiger partial charge >= 0.3 is 12.0 Å². The van der Waals surface area contributed by atoms with E-state index in [0.717, 1.165) is 6.26 Å². The van der Waals surface area contributed by atoms with Crippen molar-refractivity contribution in [3.8, 4) is 0 Å². The largest absolute Gasteiger partial charge is 0.480 e. The molecule has 0 aliphatic heterocycles. The molecule has 0 radical (unpaired) electrons. The van der Waals surface area contributed by atoms with Crippen molar-refractivity contribution < 1.29 is 28.2 Å². The van der Waals surface area contributed by atoms with E-state index in [9.17, 15) is 18.0 Å². The van der Waals surface area contributed by atoms with Gasteiger partial charge in [0.05, 0.1) is 4.75 Å². The van der Waals surface area contributed by atoms with E-state index in [-0.39, 0.29) is 19.6 Å². The number of carbonyl (C=O) groups is 2. The highest BCUT2D eigenvalue weighted by atomic mass is 32.2. The van der Waals surface area contributed by atoms with Crippen LogP contribution in [0.3, 0.4) is 0 Å². The predicted octanol–water partition coefficient (Wildman–Crippen LogP) is -1.06. The first kappa shape index (κ1) is 17.6. The number of sulfone groups is 1. The minimum absolute atomic E-state index is 0.127. The molecule has 0 aliphatic rings. The summed E-state index contributed by atoms with van der Waals surface area (Å²) in [6.07, 6.45) is 0.927. The van der Waals surface area contributed by atoms with Crippen LogP contribution < -0.4 is 10.6 Å². The summed E-state index contributed by atoms with van der Waals surface area (Å²) in [6.45, 7) is 2.37. The van der Waals surface area contributed by atoms with Gasteiger partial charge in [0.2, 0.25) is 0 Å². The molecule has 0 aliphatic carbocycles. The van der Waals surface area contributed by atoms with E-state index in [1.807, 2.05) is 0 Å². The second-order valence-electron chi connectivity index (χ2n) is 4.76. The number of rotatable bonds is 7. The third kappa shape index (κ3) is 5.88. The first-order valence-electron chi connectivity index (χ1n) is 5.59. The van der Waals surface area contributed by atoms with Crippen LogP contribution in [0.1, 0.15) is 20.3 Å². The summed E-state index contributed by atoms with van der Waals surface area (Å²) in [7, 11) is -3.35. The van der Waals surface area contributed by atoms with Gasteiger partial charge in [-0.05, 0) is 13.8 Å². The molecule has 0 aromatic heterocycles. The van der Waals surface area contributed by atoms with Gasteiger partial charge in [-0.15, -0.1) is 0 Å². The van der Waals surface area contributed by atoms with E-state index in [2.05, 4.69) is 10.6 Å².